The van der Waals surface area contributed by atoms with Crippen molar-refractivity contribution >= 4 is 0 Å². The summed E-state index contributed by atoms with van der Waals surface area (Å²) < 4.78 is 0. The lowest BCUT2D eigenvalue weighted by Crippen LogP contribution is -2.25. The van der Waals surface area contributed by atoms with Crippen LogP contribution >= 0.6 is 0 Å². The Morgan fingerprint density at radius 3 is 1.40 bits per heavy atom. The molecule has 6 heteroatoms. The Hall–Kier alpha value is -2.76. The zero-order valence-electron chi connectivity index (χ0n) is 10.8. The summed E-state index contributed by atoms with van der Waals surface area (Å²) in [6, 6.07) is 0. The van der Waals surface area contributed by atoms with Gasteiger partial charge in [-0.15, -0.1) is 9.81 Å². The smallest absolute Gasteiger partial charge is 0.0788 e. The normalized spacial score (nSPS) is 16.6. The molecule has 0 radical (unpaired) electrons. The van der Waals surface area contributed by atoms with Gasteiger partial charge in [0.15, 0.2) is 0 Å². The van der Waals surface area contributed by atoms with E-state index in [0.717, 1.165) is 24.2 Å². The molecule has 2 aliphatic rings. The molecule has 0 spiro atoms. The summed E-state index contributed by atoms with van der Waals surface area (Å²) >= 11 is 0. The predicted molar refractivity (Wildman–Crippen MR) is 77.7 cm³/mol. The van der Waals surface area contributed by atoms with Crippen LogP contribution < -0.4 is 0 Å². The fourth-order valence-electron chi connectivity index (χ4n) is 1.76. The Kier molecular flexibility index (Phi) is 4.77. The first-order valence-corrected chi connectivity index (χ1v) is 6.11. The van der Waals surface area contributed by atoms with Crippen molar-refractivity contribution in [2.24, 2.45) is 10.4 Å². The lowest BCUT2D eigenvalue weighted by atomic mass is 10.2. The number of allylic oxidation sites excluding steroid dienone is 6. The predicted octanol–water partition coefficient (Wildman–Crippen LogP) is 2.97. The molecule has 20 heavy (non-hydrogen) atoms. The monoisotopic (exact) mass is 270 g/mol. The second-order valence-electron chi connectivity index (χ2n) is 4.21. The first-order chi connectivity index (χ1) is 9.81. The van der Waals surface area contributed by atoms with E-state index in [1.165, 1.54) is 12.4 Å². The highest BCUT2D eigenvalue weighted by Crippen LogP contribution is 2.12. The highest BCUT2D eigenvalue weighted by Gasteiger charge is 2.04. The molecule has 2 rings (SSSR count). The molecule has 0 bridgehead atoms. The Morgan fingerprint density at radius 1 is 0.750 bits per heavy atom. The van der Waals surface area contributed by atoms with E-state index in [2.05, 4.69) is 10.4 Å². The van der Waals surface area contributed by atoms with Crippen molar-refractivity contribution in [1.82, 2.24) is 9.80 Å². The van der Waals surface area contributed by atoms with E-state index in [9.17, 15) is 9.81 Å². The van der Waals surface area contributed by atoms with Gasteiger partial charge in [0.05, 0.1) is 12.4 Å². The van der Waals surface area contributed by atoms with Crippen molar-refractivity contribution in [3.8, 4) is 0 Å². The molecule has 0 aromatic heterocycles. The summed E-state index contributed by atoms with van der Waals surface area (Å²) in [5.74, 6) is 0. The van der Waals surface area contributed by atoms with Crippen molar-refractivity contribution in [3.05, 3.63) is 82.5 Å². The molecule has 0 atom stereocenters. The maximum Gasteiger partial charge on any atom is 0.0788 e. The van der Waals surface area contributed by atoms with Crippen LogP contribution in [0.2, 0.25) is 0 Å². The van der Waals surface area contributed by atoms with Crippen molar-refractivity contribution in [1.29, 1.82) is 0 Å². The quantitative estimate of drug-likeness (QED) is 0.720. The van der Waals surface area contributed by atoms with Gasteiger partial charge in [-0.05, 0) is 45.8 Å². The van der Waals surface area contributed by atoms with Gasteiger partial charge >= 0.3 is 0 Å². The molecule has 0 aromatic rings. The van der Waals surface area contributed by atoms with Crippen molar-refractivity contribution in [2.75, 3.05) is 13.1 Å². The molecule has 2 heterocycles. The molecular weight excluding hydrogens is 256 g/mol. The van der Waals surface area contributed by atoms with Crippen LogP contribution in [0.5, 0.6) is 0 Å². The second kappa shape index (κ2) is 6.98. The maximum atomic E-state index is 10.1. The van der Waals surface area contributed by atoms with Gasteiger partial charge in [-0.25, -0.2) is 0 Å². The topological polar surface area (TPSA) is 65.3 Å². The molecule has 0 aliphatic carbocycles. The molecule has 6 nitrogen and oxygen atoms in total. The van der Waals surface area contributed by atoms with E-state index in [1.54, 1.807) is 0 Å². The van der Waals surface area contributed by atoms with Crippen LogP contribution in [0.15, 0.2) is 83.0 Å². The van der Waals surface area contributed by atoms with Gasteiger partial charge in [0.2, 0.25) is 0 Å². The molecular formula is C14H14N4O2. The summed E-state index contributed by atoms with van der Waals surface area (Å²) in [5, 5.41) is 5.46. The van der Waals surface area contributed by atoms with E-state index >= 15 is 0 Å². The van der Waals surface area contributed by atoms with Gasteiger partial charge in [0.25, 0.3) is 0 Å². The SMILES string of the molecule is O=NC=C1C=CN(CCN2C=CC(=CN=O)C=C2)C=C1. The van der Waals surface area contributed by atoms with E-state index in [0.29, 0.717) is 0 Å². The minimum Gasteiger partial charge on any atom is -0.352 e. The average Bonchev–Trinajstić information content (AvgIpc) is 2.49. The molecule has 0 saturated carbocycles. The molecule has 0 saturated heterocycles. The van der Waals surface area contributed by atoms with Gasteiger partial charge < -0.3 is 9.80 Å². The van der Waals surface area contributed by atoms with Gasteiger partial charge in [-0.1, -0.05) is 0 Å². The van der Waals surface area contributed by atoms with Crippen LogP contribution in [0.3, 0.4) is 0 Å². The molecule has 0 unspecified atom stereocenters. The van der Waals surface area contributed by atoms with Crippen molar-refractivity contribution < 1.29 is 0 Å². The van der Waals surface area contributed by atoms with Crippen LogP contribution in [0.1, 0.15) is 0 Å². The summed E-state index contributed by atoms with van der Waals surface area (Å²) in [7, 11) is 0. The van der Waals surface area contributed by atoms with Crippen LogP contribution in [0.4, 0.5) is 0 Å². The molecule has 102 valence electrons. The lowest BCUT2D eigenvalue weighted by Gasteiger charge is -2.24. The van der Waals surface area contributed by atoms with Crippen LogP contribution in [-0.4, -0.2) is 22.9 Å². The minimum absolute atomic E-state index is 0.783. The fourth-order valence-corrected chi connectivity index (χ4v) is 1.76. The van der Waals surface area contributed by atoms with E-state index in [1.807, 2.05) is 58.9 Å². The highest BCUT2D eigenvalue weighted by molar-refractivity contribution is 5.34. The van der Waals surface area contributed by atoms with Crippen LogP contribution in [0.25, 0.3) is 0 Å². The highest BCUT2D eigenvalue weighted by atomic mass is 16.3. The average molecular weight is 270 g/mol. The van der Waals surface area contributed by atoms with Crippen molar-refractivity contribution in [2.45, 2.75) is 0 Å². The molecule has 2 aliphatic heterocycles. The third kappa shape index (κ3) is 3.88. The third-order valence-electron chi connectivity index (χ3n) is 2.85. The Labute approximate surface area is 116 Å². The molecule has 0 fully saturated rings. The van der Waals surface area contributed by atoms with Gasteiger partial charge in [0.1, 0.15) is 0 Å². The summed E-state index contributed by atoms with van der Waals surface area (Å²) in [6.07, 6.45) is 17.5. The second-order valence-corrected chi connectivity index (χ2v) is 4.21. The number of hydrogen-bond acceptors (Lipinski definition) is 6. The van der Waals surface area contributed by atoms with Gasteiger partial charge in [-0.3, -0.25) is 0 Å². The minimum atomic E-state index is 0.783. The van der Waals surface area contributed by atoms with Gasteiger partial charge in [0, 0.05) is 37.9 Å². The Bertz CT molecular complexity index is 474. The van der Waals surface area contributed by atoms with Crippen molar-refractivity contribution in [3.63, 3.8) is 0 Å². The number of rotatable bonds is 5. The molecule has 0 amide bonds. The zero-order valence-corrected chi connectivity index (χ0v) is 10.8. The summed E-state index contributed by atoms with van der Waals surface area (Å²) in [4.78, 5) is 24.2. The standard InChI is InChI=1S/C14H14N4O2/c19-15-11-13-1-5-17(6-2-13)9-10-18-7-3-14(4-8-18)12-16-20/h1-8,11-12H,9-10H2. The third-order valence-corrected chi connectivity index (χ3v) is 2.85. The first-order valence-electron chi connectivity index (χ1n) is 6.11. The van der Waals surface area contributed by atoms with E-state index in [-0.39, 0.29) is 0 Å². The lowest BCUT2D eigenvalue weighted by molar-refractivity contribution is 0.408. The van der Waals surface area contributed by atoms with E-state index in [4.69, 9.17) is 0 Å². The van der Waals surface area contributed by atoms with Crippen LogP contribution in [-0.2, 0) is 0 Å². The number of nitroso groups, excluding NO2 is 2. The molecule has 0 aromatic carbocycles. The number of nitrogens with zero attached hydrogens (tertiary/aromatic N) is 4. The maximum absolute atomic E-state index is 10.1. The summed E-state index contributed by atoms with van der Waals surface area (Å²) in [6.45, 7) is 1.60. The first kappa shape index (κ1) is 13.7. The Balaban J connectivity index is 1.81. The Morgan fingerprint density at radius 2 is 1.10 bits per heavy atom. The zero-order chi connectivity index (χ0) is 14.2. The summed E-state index contributed by atoms with van der Waals surface area (Å²) in [5.41, 5.74) is 1.57. The van der Waals surface area contributed by atoms with Gasteiger partial charge in [-0.2, -0.15) is 0 Å². The van der Waals surface area contributed by atoms with Crippen LogP contribution in [0, 0.1) is 9.81 Å². The fraction of sp³-hybridized carbons (Fsp3) is 0.143. The van der Waals surface area contributed by atoms with E-state index < -0.39 is 0 Å². The largest absolute Gasteiger partial charge is 0.352 e. The molecule has 0 N–H and O–H groups in total. The number of hydrogen-bond donors (Lipinski definition) is 0.